The van der Waals surface area contributed by atoms with E-state index in [1.807, 2.05) is 0 Å². The first-order chi connectivity index (χ1) is 11.8. The molecule has 0 radical (unpaired) electrons. The number of nitrogens with one attached hydrogen (secondary N) is 1. The number of benzene rings is 2. The van der Waals surface area contributed by atoms with Crippen LogP contribution < -0.4 is 5.32 Å². The molecular formula is C16H15Cl3N2O3S. The summed E-state index contributed by atoms with van der Waals surface area (Å²) < 4.78 is 26.5. The lowest BCUT2D eigenvalue weighted by Crippen LogP contribution is -2.38. The molecule has 2 aromatic carbocycles. The van der Waals surface area contributed by atoms with Gasteiger partial charge in [-0.15, -0.1) is 0 Å². The van der Waals surface area contributed by atoms with Crippen molar-refractivity contribution in [2.24, 2.45) is 0 Å². The predicted octanol–water partition coefficient (Wildman–Crippen LogP) is 4.30. The number of hydrogen-bond donors (Lipinski definition) is 1. The van der Waals surface area contributed by atoms with Crippen molar-refractivity contribution in [3.8, 4) is 0 Å². The van der Waals surface area contributed by atoms with Gasteiger partial charge in [0.05, 0.1) is 22.3 Å². The summed E-state index contributed by atoms with van der Waals surface area (Å²) in [5.74, 6) is -0.517. The van der Waals surface area contributed by atoms with Crippen molar-refractivity contribution in [3.63, 3.8) is 0 Å². The smallest absolute Gasteiger partial charge is 0.245 e. The van der Waals surface area contributed by atoms with Crippen molar-refractivity contribution in [1.29, 1.82) is 0 Å². The lowest BCUT2D eigenvalue weighted by Gasteiger charge is -2.21. The highest BCUT2D eigenvalue weighted by molar-refractivity contribution is 7.89. The summed E-state index contributed by atoms with van der Waals surface area (Å²) in [5.41, 5.74) is 0.406. The summed E-state index contributed by atoms with van der Waals surface area (Å²) >= 11 is 17.8. The molecule has 0 aliphatic carbocycles. The van der Waals surface area contributed by atoms with Crippen LogP contribution in [-0.2, 0) is 14.8 Å². The van der Waals surface area contributed by atoms with E-state index in [1.54, 1.807) is 31.2 Å². The standard InChI is InChI=1S/C16H15Cl3N2O3S/c1-2-21(10-16(22)20-14-6-4-3-5-12(14)18)25(23,24)15-9-11(17)7-8-13(15)19/h3-9H,2,10H2,1H3,(H,20,22). The predicted molar refractivity (Wildman–Crippen MR) is 101 cm³/mol. The third-order valence-corrected chi connectivity index (χ3v) is 6.30. The van der Waals surface area contributed by atoms with Crippen molar-refractivity contribution in [3.05, 3.63) is 57.5 Å². The van der Waals surface area contributed by atoms with Crippen LogP contribution in [-0.4, -0.2) is 31.7 Å². The highest BCUT2D eigenvalue weighted by Gasteiger charge is 2.27. The van der Waals surface area contributed by atoms with Gasteiger partial charge < -0.3 is 5.32 Å². The molecule has 0 saturated heterocycles. The number of halogens is 3. The Hall–Kier alpha value is -1.31. The first-order valence-electron chi connectivity index (χ1n) is 7.25. The third kappa shape index (κ3) is 4.86. The molecule has 0 spiro atoms. The van der Waals surface area contributed by atoms with Crippen molar-refractivity contribution < 1.29 is 13.2 Å². The van der Waals surface area contributed by atoms with Gasteiger partial charge in [-0.3, -0.25) is 4.79 Å². The Balaban J connectivity index is 2.22. The van der Waals surface area contributed by atoms with Crippen LogP contribution in [0, 0.1) is 0 Å². The molecule has 2 aromatic rings. The van der Waals surface area contributed by atoms with Gasteiger partial charge in [-0.1, -0.05) is 53.9 Å². The number of anilines is 1. The minimum atomic E-state index is -3.98. The Kier molecular flexibility index (Phi) is 6.71. The van der Waals surface area contributed by atoms with Gasteiger partial charge in [-0.25, -0.2) is 8.42 Å². The topological polar surface area (TPSA) is 66.5 Å². The SMILES string of the molecule is CCN(CC(=O)Nc1ccccc1Cl)S(=O)(=O)c1cc(Cl)ccc1Cl. The molecule has 0 aliphatic heterocycles. The summed E-state index contributed by atoms with van der Waals surface area (Å²) in [4.78, 5) is 12.1. The Bertz CT molecular complexity index is 888. The molecular weight excluding hydrogens is 407 g/mol. The van der Waals surface area contributed by atoms with E-state index in [0.717, 1.165) is 4.31 Å². The molecule has 0 saturated carbocycles. The van der Waals surface area contributed by atoms with Crippen molar-refractivity contribution in [2.75, 3.05) is 18.4 Å². The fraction of sp³-hybridized carbons (Fsp3) is 0.188. The Labute approximate surface area is 161 Å². The van der Waals surface area contributed by atoms with Crippen molar-refractivity contribution in [1.82, 2.24) is 4.31 Å². The van der Waals surface area contributed by atoms with Crippen LogP contribution in [0.4, 0.5) is 5.69 Å². The number of nitrogens with zero attached hydrogens (tertiary/aromatic N) is 1. The maximum absolute atomic E-state index is 12.8. The lowest BCUT2D eigenvalue weighted by atomic mass is 10.3. The molecule has 25 heavy (non-hydrogen) atoms. The Morgan fingerprint density at radius 2 is 1.76 bits per heavy atom. The number of carbonyl (C=O) groups is 1. The summed E-state index contributed by atoms with van der Waals surface area (Å²) in [5, 5.41) is 3.22. The number of rotatable bonds is 6. The van der Waals surface area contributed by atoms with Crippen LogP contribution >= 0.6 is 34.8 Å². The van der Waals surface area contributed by atoms with E-state index in [9.17, 15) is 13.2 Å². The molecule has 2 rings (SSSR count). The first kappa shape index (κ1) is 20.0. The van der Waals surface area contributed by atoms with Crippen LogP contribution in [0.5, 0.6) is 0 Å². The van der Waals surface area contributed by atoms with Crippen LogP contribution in [0.15, 0.2) is 47.4 Å². The van der Waals surface area contributed by atoms with Gasteiger partial charge in [0.2, 0.25) is 15.9 Å². The molecule has 1 amide bonds. The molecule has 0 aliphatic rings. The molecule has 0 heterocycles. The number of amides is 1. The molecule has 0 fully saturated rings. The van der Waals surface area contributed by atoms with E-state index in [-0.39, 0.29) is 28.0 Å². The van der Waals surface area contributed by atoms with E-state index in [1.165, 1.54) is 18.2 Å². The van der Waals surface area contributed by atoms with Gasteiger partial charge in [0, 0.05) is 11.6 Å². The van der Waals surface area contributed by atoms with Gasteiger partial charge in [-0.05, 0) is 30.3 Å². The fourth-order valence-corrected chi connectivity index (χ4v) is 4.42. The molecule has 0 unspecified atom stereocenters. The molecule has 0 bridgehead atoms. The van der Waals surface area contributed by atoms with Crippen LogP contribution in [0.25, 0.3) is 0 Å². The highest BCUT2D eigenvalue weighted by Crippen LogP contribution is 2.28. The maximum atomic E-state index is 12.8. The van der Waals surface area contributed by atoms with E-state index < -0.39 is 15.9 Å². The Morgan fingerprint density at radius 3 is 2.40 bits per heavy atom. The number of likely N-dealkylation sites (N-methyl/N-ethyl adjacent to an activating group) is 1. The second-order valence-corrected chi connectivity index (χ2v) is 8.19. The second kappa shape index (κ2) is 8.38. The normalized spacial score (nSPS) is 11.6. The van der Waals surface area contributed by atoms with Crippen molar-refractivity contribution >= 4 is 56.4 Å². The minimum absolute atomic E-state index is 0.0364. The first-order valence-corrected chi connectivity index (χ1v) is 9.82. The maximum Gasteiger partial charge on any atom is 0.245 e. The van der Waals surface area contributed by atoms with E-state index >= 15 is 0 Å². The summed E-state index contributed by atoms with van der Waals surface area (Å²) in [6, 6.07) is 10.8. The van der Waals surface area contributed by atoms with E-state index in [0.29, 0.717) is 10.7 Å². The quantitative estimate of drug-likeness (QED) is 0.756. The van der Waals surface area contributed by atoms with Gasteiger partial charge >= 0.3 is 0 Å². The summed E-state index contributed by atoms with van der Waals surface area (Å²) in [6.07, 6.45) is 0. The average Bonchev–Trinajstić information content (AvgIpc) is 2.56. The van der Waals surface area contributed by atoms with Crippen molar-refractivity contribution in [2.45, 2.75) is 11.8 Å². The van der Waals surface area contributed by atoms with Crippen LogP contribution in [0.3, 0.4) is 0 Å². The summed E-state index contributed by atoms with van der Waals surface area (Å²) in [7, 11) is -3.98. The number of sulfonamides is 1. The second-order valence-electron chi connectivity index (χ2n) is 5.03. The number of hydrogen-bond acceptors (Lipinski definition) is 3. The number of carbonyl (C=O) groups excluding carboxylic acids is 1. The lowest BCUT2D eigenvalue weighted by molar-refractivity contribution is -0.116. The monoisotopic (exact) mass is 420 g/mol. The number of para-hydroxylation sites is 1. The van der Waals surface area contributed by atoms with E-state index in [4.69, 9.17) is 34.8 Å². The van der Waals surface area contributed by atoms with Gasteiger partial charge in [0.15, 0.2) is 0 Å². The molecule has 0 atom stereocenters. The van der Waals surface area contributed by atoms with Crippen LogP contribution in [0.2, 0.25) is 15.1 Å². The third-order valence-electron chi connectivity index (χ3n) is 3.33. The van der Waals surface area contributed by atoms with Gasteiger partial charge in [-0.2, -0.15) is 4.31 Å². The van der Waals surface area contributed by atoms with Gasteiger partial charge in [0.25, 0.3) is 0 Å². The zero-order valence-corrected chi connectivity index (χ0v) is 16.3. The molecule has 5 nitrogen and oxygen atoms in total. The minimum Gasteiger partial charge on any atom is -0.324 e. The molecule has 0 aromatic heterocycles. The summed E-state index contributed by atoms with van der Waals surface area (Å²) in [6.45, 7) is 1.33. The average molecular weight is 422 g/mol. The highest BCUT2D eigenvalue weighted by atomic mass is 35.5. The fourth-order valence-electron chi connectivity index (χ4n) is 2.09. The molecule has 9 heteroatoms. The molecule has 134 valence electrons. The zero-order valence-electron chi connectivity index (χ0n) is 13.2. The zero-order chi connectivity index (χ0) is 18.6. The van der Waals surface area contributed by atoms with Gasteiger partial charge in [0.1, 0.15) is 4.90 Å². The molecule has 1 N–H and O–H groups in total. The van der Waals surface area contributed by atoms with Crippen LogP contribution in [0.1, 0.15) is 6.92 Å². The largest absolute Gasteiger partial charge is 0.324 e. The Morgan fingerprint density at radius 1 is 1.08 bits per heavy atom. The van der Waals surface area contributed by atoms with E-state index in [2.05, 4.69) is 5.32 Å².